The molecule has 0 spiro atoms. The van der Waals surface area contributed by atoms with Crippen LogP contribution in [0.1, 0.15) is 0 Å². The highest BCUT2D eigenvalue weighted by atomic mass is 19.1. The number of nitrogen functional groups attached to an aromatic ring is 1. The monoisotopic (exact) mass is 143 g/mol. The van der Waals surface area contributed by atoms with Crippen LogP contribution in [0, 0.1) is 5.82 Å². The highest BCUT2D eigenvalue weighted by Gasteiger charge is 2.05. The molecular weight excluding hydrogens is 137 g/mol. The Balaban J connectivity index is 3.31. The lowest BCUT2D eigenvalue weighted by molar-refractivity contribution is 0.424. The number of anilines is 1. The number of phenolic OH excluding ortho intramolecular Hbond substituents is 2. The minimum atomic E-state index is -0.919. The molecule has 10 heavy (non-hydrogen) atoms. The highest BCUT2D eigenvalue weighted by Crippen LogP contribution is 2.27. The molecule has 4 heteroatoms. The molecule has 54 valence electrons. The van der Waals surface area contributed by atoms with Crippen molar-refractivity contribution in [3.8, 4) is 11.5 Å². The second-order valence-corrected chi connectivity index (χ2v) is 1.87. The Labute approximate surface area is 56.5 Å². The smallest absolute Gasteiger partial charge is 0.175 e. The van der Waals surface area contributed by atoms with Gasteiger partial charge < -0.3 is 15.9 Å². The van der Waals surface area contributed by atoms with Crippen LogP contribution < -0.4 is 5.73 Å². The van der Waals surface area contributed by atoms with Crippen LogP contribution >= 0.6 is 0 Å². The molecule has 0 bridgehead atoms. The molecule has 0 fully saturated rings. The van der Waals surface area contributed by atoms with E-state index < -0.39 is 11.6 Å². The highest BCUT2D eigenvalue weighted by molar-refractivity contribution is 5.55. The predicted molar refractivity (Wildman–Crippen MR) is 34.1 cm³/mol. The Morgan fingerprint density at radius 3 is 2.40 bits per heavy atom. The second-order valence-electron chi connectivity index (χ2n) is 1.87. The minimum absolute atomic E-state index is 0.169. The number of benzene rings is 1. The van der Waals surface area contributed by atoms with E-state index >= 15 is 0 Å². The third-order valence-corrected chi connectivity index (χ3v) is 1.08. The van der Waals surface area contributed by atoms with Gasteiger partial charge in [-0.25, -0.2) is 4.39 Å². The van der Waals surface area contributed by atoms with Crippen LogP contribution in [0.4, 0.5) is 10.1 Å². The summed E-state index contributed by atoms with van der Waals surface area (Å²) in [7, 11) is 0. The van der Waals surface area contributed by atoms with Gasteiger partial charge in [-0.3, -0.25) is 0 Å². The van der Waals surface area contributed by atoms with Crippen molar-refractivity contribution in [2.24, 2.45) is 0 Å². The number of hydrogen-bond acceptors (Lipinski definition) is 3. The average Bonchev–Trinajstić information content (AvgIpc) is 1.82. The van der Waals surface area contributed by atoms with Crippen LogP contribution in [-0.4, -0.2) is 10.2 Å². The SMILES string of the molecule is Nc1cc(O)cc(F)c1O. The number of aromatic hydroxyl groups is 2. The van der Waals surface area contributed by atoms with Crippen LogP contribution in [0.15, 0.2) is 12.1 Å². The van der Waals surface area contributed by atoms with Crippen LogP contribution in [0.3, 0.4) is 0 Å². The van der Waals surface area contributed by atoms with Crippen molar-refractivity contribution in [1.82, 2.24) is 0 Å². The van der Waals surface area contributed by atoms with Crippen LogP contribution in [0.25, 0.3) is 0 Å². The Bertz CT molecular complexity index is 239. The maximum atomic E-state index is 12.4. The van der Waals surface area contributed by atoms with Gasteiger partial charge in [-0.2, -0.15) is 0 Å². The van der Waals surface area contributed by atoms with Crippen molar-refractivity contribution in [3.63, 3.8) is 0 Å². The molecule has 0 amide bonds. The van der Waals surface area contributed by atoms with Crippen molar-refractivity contribution in [1.29, 1.82) is 0 Å². The number of halogens is 1. The van der Waals surface area contributed by atoms with Gasteiger partial charge in [0.05, 0.1) is 5.69 Å². The summed E-state index contributed by atoms with van der Waals surface area (Å²) in [6, 6.07) is 1.85. The van der Waals surface area contributed by atoms with E-state index in [4.69, 9.17) is 15.9 Å². The van der Waals surface area contributed by atoms with E-state index in [1.54, 1.807) is 0 Å². The number of hydrogen-bond donors (Lipinski definition) is 3. The molecule has 0 radical (unpaired) electrons. The first kappa shape index (κ1) is 6.67. The average molecular weight is 143 g/mol. The molecule has 0 aliphatic carbocycles. The van der Waals surface area contributed by atoms with Gasteiger partial charge in [0, 0.05) is 12.1 Å². The molecule has 1 aromatic rings. The molecule has 0 heterocycles. The summed E-state index contributed by atoms with van der Waals surface area (Å²) in [5.41, 5.74) is 4.90. The number of phenols is 2. The van der Waals surface area contributed by atoms with Gasteiger partial charge >= 0.3 is 0 Å². The van der Waals surface area contributed by atoms with Crippen LogP contribution in [0.5, 0.6) is 11.5 Å². The van der Waals surface area contributed by atoms with Crippen LogP contribution in [0.2, 0.25) is 0 Å². The van der Waals surface area contributed by atoms with Gasteiger partial charge in [0.2, 0.25) is 0 Å². The fourth-order valence-corrected chi connectivity index (χ4v) is 0.605. The molecule has 4 N–H and O–H groups in total. The minimum Gasteiger partial charge on any atom is -0.508 e. The zero-order chi connectivity index (χ0) is 7.72. The molecule has 0 unspecified atom stereocenters. The Morgan fingerprint density at radius 2 is 1.90 bits per heavy atom. The van der Waals surface area contributed by atoms with Crippen molar-refractivity contribution < 1.29 is 14.6 Å². The van der Waals surface area contributed by atoms with Crippen LogP contribution in [-0.2, 0) is 0 Å². The van der Waals surface area contributed by atoms with Gasteiger partial charge in [0.15, 0.2) is 11.6 Å². The topological polar surface area (TPSA) is 66.5 Å². The Morgan fingerprint density at radius 1 is 1.30 bits per heavy atom. The summed E-state index contributed by atoms with van der Waals surface area (Å²) in [5, 5.41) is 17.4. The van der Waals surface area contributed by atoms with E-state index in [0.717, 1.165) is 12.1 Å². The first-order valence-electron chi connectivity index (χ1n) is 2.58. The standard InChI is InChI=1S/C6H6FNO2/c7-4-1-3(9)2-5(8)6(4)10/h1-2,9-10H,8H2. The quantitative estimate of drug-likeness (QED) is 0.286. The van der Waals surface area contributed by atoms with Crippen molar-refractivity contribution >= 4 is 5.69 Å². The van der Waals surface area contributed by atoms with E-state index in [-0.39, 0.29) is 11.4 Å². The van der Waals surface area contributed by atoms with Crippen molar-refractivity contribution in [2.75, 3.05) is 5.73 Å². The van der Waals surface area contributed by atoms with Gasteiger partial charge in [-0.1, -0.05) is 0 Å². The summed E-state index contributed by atoms with van der Waals surface area (Å²) < 4.78 is 12.4. The molecule has 0 aliphatic rings. The van der Waals surface area contributed by atoms with Gasteiger partial charge in [0.1, 0.15) is 5.75 Å². The summed E-state index contributed by atoms with van der Waals surface area (Å²) in [5.74, 6) is -1.84. The molecule has 0 saturated carbocycles. The van der Waals surface area contributed by atoms with E-state index in [1.165, 1.54) is 0 Å². The van der Waals surface area contributed by atoms with E-state index in [1.807, 2.05) is 0 Å². The predicted octanol–water partition coefficient (Wildman–Crippen LogP) is 0.819. The molecule has 0 aliphatic heterocycles. The number of nitrogens with two attached hydrogens (primary N) is 1. The third kappa shape index (κ3) is 0.953. The largest absolute Gasteiger partial charge is 0.508 e. The summed E-state index contributed by atoms with van der Waals surface area (Å²) in [6.07, 6.45) is 0. The lowest BCUT2D eigenvalue weighted by Crippen LogP contribution is -1.87. The zero-order valence-corrected chi connectivity index (χ0v) is 5.00. The Hall–Kier alpha value is -1.45. The lowest BCUT2D eigenvalue weighted by atomic mass is 10.3. The normalized spacial score (nSPS) is 9.70. The Kier molecular flexibility index (Phi) is 1.37. The van der Waals surface area contributed by atoms with Gasteiger partial charge in [-0.15, -0.1) is 0 Å². The van der Waals surface area contributed by atoms with Gasteiger partial charge in [0.25, 0.3) is 0 Å². The summed E-state index contributed by atoms with van der Waals surface area (Å²) >= 11 is 0. The molecule has 0 aromatic heterocycles. The van der Waals surface area contributed by atoms with E-state index in [9.17, 15) is 4.39 Å². The molecule has 0 saturated heterocycles. The maximum absolute atomic E-state index is 12.4. The van der Waals surface area contributed by atoms with E-state index in [2.05, 4.69) is 0 Å². The third-order valence-electron chi connectivity index (χ3n) is 1.08. The molecule has 1 rings (SSSR count). The fraction of sp³-hybridized carbons (Fsp3) is 0. The van der Waals surface area contributed by atoms with Crippen molar-refractivity contribution in [2.45, 2.75) is 0 Å². The molecule has 3 nitrogen and oxygen atoms in total. The zero-order valence-electron chi connectivity index (χ0n) is 5.00. The maximum Gasteiger partial charge on any atom is 0.175 e. The first-order valence-corrected chi connectivity index (χ1v) is 2.58. The number of rotatable bonds is 0. The fourth-order valence-electron chi connectivity index (χ4n) is 0.605. The van der Waals surface area contributed by atoms with E-state index in [0.29, 0.717) is 0 Å². The molecule has 1 aromatic carbocycles. The summed E-state index contributed by atoms with van der Waals surface area (Å²) in [6.45, 7) is 0. The molecule has 0 atom stereocenters. The van der Waals surface area contributed by atoms with Crippen molar-refractivity contribution in [3.05, 3.63) is 17.9 Å². The lowest BCUT2D eigenvalue weighted by Gasteiger charge is -1.99. The summed E-state index contributed by atoms with van der Waals surface area (Å²) in [4.78, 5) is 0. The van der Waals surface area contributed by atoms with Gasteiger partial charge in [-0.05, 0) is 0 Å². The first-order chi connectivity index (χ1) is 4.61. The second kappa shape index (κ2) is 2.06. The molecular formula is C6H6FNO2.